The number of nitrogens with one attached hydrogen (secondary N) is 3. The van der Waals surface area contributed by atoms with Gasteiger partial charge < -0.3 is 16.0 Å². The Balaban J connectivity index is 0.00000363. The SMILES string of the molecule is CN=C(NCCNC(=O)c1cccnc1)NCCC(c1ccccc1)c1ccccc1.I. The van der Waals surface area contributed by atoms with Gasteiger partial charge >= 0.3 is 0 Å². The summed E-state index contributed by atoms with van der Waals surface area (Å²) in [6, 6.07) is 24.6. The summed E-state index contributed by atoms with van der Waals surface area (Å²) in [4.78, 5) is 20.3. The Morgan fingerprint density at radius 1 is 0.844 bits per heavy atom. The van der Waals surface area contributed by atoms with Gasteiger partial charge in [-0.25, -0.2) is 0 Å². The molecule has 1 aromatic heterocycles. The van der Waals surface area contributed by atoms with Crippen molar-refractivity contribution in [2.75, 3.05) is 26.7 Å². The molecule has 0 aliphatic heterocycles. The lowest BCUT2D eigenvalue weighted by atomic mass is 9.88. The van der Waals surface area contributed by atoms with E-state index in [1.807, 2.05) is 12.1 Å². The maximum atomic E-state index is 12.1. The van der Waals surface area contributed by atoms with Crippen molar-refractivity contribution in [1.29, 1.82) is 0 Å². The summed E-state index contributed by atoms with van der Waals surface area (Å²) in [5.41, 5.74) is 3.16. The first kappa shape index (κ1) is 25.3. The number of aliphatic imine (C=N–C) groups is 1. The van der Waals surface area contributed by atoms with Crippen LogP contribution in [0.1, 0.15) is 33.8 Å². The number of amides is 1. The number of aromatic nitrogens is 1. The van der Waals surface area contributed by atoms with Gasteiger partial charge in [-0.1, -0.05) is 60.7 Å². The zero-order valence-electron chi connectivity index (χ0n) is 18.2. The maximum absolute atomic E-state index is 12.1. The first-order valence-corrected chi connectivity index (χ1v) is 10.5. The Kier molecular flexibility index (Phi) is 11.2. The van der Waals surface area contributed by atoms with Crippen LogP contribution in [0.2, 0.25) is 0 Å². The molecule has 3 aromatic rings. The van der Waals surface area contributed by atoms with E-state index < -0.39 is 0 Å². The Bertz CT molecular complexity index is 912. The third kappa shape index (κ3) is 7.96. The predicted molar refractivity (Wildman–Crippen MR) is 141 cm³/mol. The summed E-state index contributed by atoms with van der Waals surface area (Å²) in [5.74, 6) is 0.897. The largest absolute Gasteiger partial charge is 0.356 e. The van der Waals surface area contributed by atoms with Gasteiger partial charge in [0.1, 0.15) is 0 Å². The van der Waals surface area contributed by atoms with Gasteiger partial charge in [0, 0.05) is 45.0 Å². The molecule has 0 fully saturated rings. The second kappa shape index (κ2) is 14.2. The summed E-state index contributed by atoms with van der Waals surface area (Å²) >= 11 is 0. The third-order valence-corrected chi connectivity index (χ3v) is 4.98. The van der Waals surface area contributed by atoms with E-state index in [1.165, 1.54) is 11.1 Å². The Morgan fingerprint density at radius 2 is 1.44 bits per heavy atom. The summed E-state index contributed by atoms with van der Waals surface area (Å²) in [5, 5.41) is 9.48. The van der Waals surface area contributed by atoms with Gasteiger partial charge in [0.2, 0.25) is 0 Å². The Labute approximate surface area is 207 Å². The second-order valence-corrected chi connectivity index (χ2v) is 7.09. The van der Waals surface area contributed by atoms with Crippen molar-refractivity contribution in [1.82, 2.24) is 20.9 Å². The minimum Gasteiger partial charge on any atom is -0.356 e. The molecule has 0 bridgehead atoms. The molecule has 32 heavy (non-hydrogen) atoms. The molecule has 0 unspecified atom stereocenters. The molecule has 6 nitrogen and oxygen atoms in total. The van der Waals surface area contributed by atoms with Crippen LogP contribution in [0.25, 0.3) is 0 Å². The van der Waals surface area contributed by atoms with Gasteiger partial charge in [0.15, 0.2) is 5.96 Å². The van der Waals surface area contributed by atoms with Crippen molar-refractivity contribution in [3.63, 3.8) is 0 Å². The van der Waals surface area contributed by atoms with E-state index >= 15 is 0 Å². The molecule has 0 atom stereocenters. The van der Waals surface area contributed by atoms with Crippen molar-refractivity contribution < 1.29 is 4.79 Å². The van der Waals surface area contributed by atoms with Crippen LogP contribution in [0.3, 0.4) is 0 Å². The minimum absolute atomic E-state index is 0. The fraction of sp³-hybridized carbons (Fsp3) is 0.240. The van der Waals surface area contributed by atoms with Crippen molar-refractivity contribution in [2.45, 2.75) is 12.3 Å². The van der Waals surface area contributed by atoms with Crippen LogP contribution in [-0.2, 0) is 0 Å². The Hall–Kier alpha value is -2.94. The van der Waals surface area contributed by atoms with Crippen LogP contribution >= 0.6 is 24.0 Å². The molecule has 0 spiro atoms. The monoisotopic (exact) mass is 543 g/mol. The van der Waals surface area contributed by atoms with Crippen molar-refractivity contribution in [3.8, 4) is 0 Å². The zero-order chi connectivity index (χ0) is 21.7. The summed E-state index contributed by atoms with van der Waals surface area (Å²) in [7, 11) is 1.75. The highest BCUT2D eigenvalue weighted by atomic mass is 127. The molecule has 168 valence electrons. The Morgan fingerprint density at radius 3 is 2.00 bits per heavy atom. The molecule has 3 rings (SSSR count). The van der Waals surface area contributed by atoms with Crippen LogP contribution in [0, 0.1) is 0 Å². The first-order valence-electron chi connectivity index (χ1n) is 10.5. The molecule has 3 N–H and O–H groups in total. The lowest BCUT2D eigenvalue weighted by Gasteiger charge is -2.19. The number of pyridine rings is 1. The van der Waals surface area contributed by atoms with Crippen LogP contribution < -0.4 is 16.0 Å². The predicted octanol–water partition coefficient (Wildman–Crippen LogP) is 3.82. The number of hydrogen-bond donors (Lipinski definition) is 3. The molecular weight excluding hydrogens is 513 g/mol. The van der Waals surface area contributed by atoms with Gasteiger partial charge in [-0.3, -0.25) is 14.8 Å². The number of carbonyl (C=O) groups excluding carboxylic acids is 1. The van der Waals surface area contributed by atoms with Crippen LogP contribution in [0.15, 0.2) is 90.2 Å². The molecule has 0 aliphatic rings. The number of halogens is 1. The van der Waals surface area contributed by atoms with Crippen molar-refractivity contribution in [2.24, 2.45) is 4.99 Å². The van der Waals surface area contributed by atoms with E-state index in [4.69, 9.17) is 0 Å². The lowest BCUT2D eigenvalue weighted by molar-refractivity contribution is 0.0954. The topological polar surface area (TPSA) is 78.4 Å². The highest BCUT2D eigenvalue weighted by Gasteiger charge is 2.13. The van der Waals surface area contributed by atoms with Gasteiger partial charge in [0.05, 0.1) is 5.56 Å². The molecule has 0 saturated heterocycles. The fourth-order valence-corrected chi connectivity index (χ4v) is 3.41. The van der Waals surface area contributed by atoms with Gasteiger partial charge in [-0.05, 0) is 29.7 Å². The average molecular weight is 543 g/mol. The molecule has 0 radical (unpaired) electrons. The normalized spacial score (nSPS) is 10.9. The average Bonchev–Trinajstić information content (AvgIpc) is 2.84. The highest BCUT2D eigenvalue weighted by Crippen LogP contribution is 2.27. The minimum atomic E-state index is -0.133. The first-order chi connectivity index (χ1) is 15.3. The molecule has 1 heterocycles. The van der Waals surface area contributed by atoms with Gasteiger partial charge in [-0.15, -0.1) is 24.0 Å². The molecule has 2 aromatic carbocycles. The van der Waals surface area contributed by atoms with E-state index in [0.29, 0.717) is 24.6 Å². The van der Waals surface area contributed by atoms with Crippen LogP contribution in [-0.4, -0.2) is 43.5 Å². The molecular formula is C25H30IN5O. The van der Waals surface area contributed by atoms with Crippen molar-refractivity contribution in [3.05, 3.63) is 102 Å². The number of rotatable bonds is 9. The smallest absolute Gasteiger partial charge is 0.252 e. The van der Waals surface area contributed by atoms with Crippen LogP contribution in [0.4, 0.5) is 0 Å². The second-order valence-electron chi connectivity index (χ2n) is 7.09. The third-order valence-electron chi connectivity index (χ3n) is 4.98. The maximum Gasteiger partial charge on any atom is 0.252 e. The standard InChI is InChI=1S/C25H29N5O.HI/c1-26-25(30-18-17-28-24(31)22-13-8-15-27-19-22)29-16-14-23(20-9-4-2-5-10-20)21-11-6-3-7-12-21;/h2-13,15,19,23H,14,16-18H2,1H3,(H,28,31)(H2,26,29,30);1H. The van der Waals surface area contributed by atoms with E-state index in [-0.39, 0.29) is 29.9 Å². The number of carbonyl (C=O) groups is 1. The van der Waals surface area contributed by atoms with Gasteiger partial charge in [0.25, 0.3) is 5.91 Å². The quantitative estimate of drug-likeness (QED) is 0.166. The van der Waals surface area contributed by atoms with Crippen molar-refractivity contribution >= 4 is 35.8 Å². The number of benzene rings is 2. The summed E-state index contributed by atoms with van der Waals surface area (Å²) in [6.07, 6.45) is 4.14. The zero-order valence-corrected chi connectivity index (χ0v) is 20.5. The van der Waals surface area contributed by atoms with E-state index in [1.54, 1.807) is 31.6 Å². The number of nitrogens with zero attached hydrogens (tertiary/aromatic N) is 2. The van der Waals surface area contributed by atoms with Gasteiger partial charge in [-0.2, -0.15) is 0 Å². The van der Waals surface area contributed by atoms with E-state index in [0.717, 1.165) is 18.9 Å². The summed E-state index contributed by atoms with van der Waals surface area (Å²) < 4.78 is 0. The number of hydrogen-bond acceptors (Lipinski definition) is 3. The van der Waals surface area contributed by atoms with Crippen LogP contribution in [0.5, 0.6) is 0 Å². The lowest BCUT2D eigenvalue weighted by Crippen LogP contribution is -2.42. The number of guanidine groups is 1. The highest BCUT2D eigenvalue weighted by molar-refractivity contribution is 14.0. The molecule has 7 heteroatoms. The fourth-order valence-electron chi connectivity index (χ4n) is 3.41. The van der Waals surface area contributed by atoms with E-state index in [9.17, 15) is 4.79 Å². The van der Waals surface area contributed by atoms with E-state index in [2.05, 4.69) is 74.5 Å². The summed E-state index contributed by atoms with van der Waals surface area (Å²) in [6.45, 7) is 1.84. The molecule has 1 amide bonds. The molecule has 0 saturated carbocycles. The molecule has 0 aliphatic carbocycles.